The molecule has 100 valence electrons. The van der Waals surface area contributed by atoms with Crippen molar-refractivity contribution < 1.29 is 0 Å². The minimum absolute atomic E-state index is 0.0313. The molecule has 0 aliphatic heterocycles. The fourth-order valence-corrected chi connectivity index (χ4v) is 3.24. The van der Waals surface area contributed by atoms with E-state index in [4.69, 9.17) is 4.98 Å². The van der Waals surface area contributed by atoms with Gasteiger partial charge in [-0.25, -0.2) is 9.67 Å². The molecule has 2 heterocycles. The van der Waals surface area contributed by atoms with E-state index in [1.807, 2.05) is 4.68 Å². The third-order valence-corrected chi connectivity index (χ3v) is 4.64. The number of hydrogen-bond donors (Lipinski definition) is 1. The van der Waals surface area contributed by atoms with Gasteiger partial charge in [-0.3, -0.25) is 4.79 Å². The van der Waals surface area contributed by atoms with Gasteiger partial charge in [-0.15, -0.1) is 0 Å². The lowest BCUT2D eigenvalue weighted by atomic mass is 9.85. The van der Waals surface area contributed by atoms with Crippen LogP contribution in [-0.4, -0.2) is 19.7 Å². The fraction of sp³-hybridized carbons (Fsp3) is 0.643. The highest BCUT2D eigenvalue weighted by Crippen LogP contribution is 2.35. The predicted molar refractivity (Wildman–Crippen MR) is 72.2 cm³/mol. The molecule has 2 aromatic heterocycles. The highest BCUT2D eigenvalue weighted by Gasteiger charge is 2.25. The summed E-state index contributed by atoms with van der Waals surface area (Å²) < 4.78 is 1.99. The number of hydrogen-bond acceptors (Lipinski definition) is 3. The monoisotopic (exact) mass is 258 g/mol. The fourth-order valence-electron chi connectivity index (χ4n) is 3.24. The lowest BCUT2D eigenvalue weighted by molar-refractivity contribution is 0.400. The molecule has 0 saturated heterocycles. The van der Waals surface area contributed by atoms with Crippen molar-refractivity contribution in [2.75, 3.05) is 0 Å². The number of nitrogens with zero attached hydrogens (tertiary/aromatic N) is 3. The summed E-state index contributed by atoms with van der Waals surface area (Å²) in [5.41, 5.74) is 0.758. The minimum atomic E-state index is -0.0313. The van der Waals surface area contributed by atoms with Gasteiger partial charge in [-0.2, -0.15) is 5.10 Å². The topological polar surface area (TPSA) is 63.6 Å². The maximum absolute atomic E-state index is 12.1. The zero-order chi connectivity index (χ0) is 12.8. The van der Waals surface area contributed by atoms with Gasteiger partial charge in [0.25, 0.3) is 5.56 Å². The van der Waals surface area contributed by atoms with Crippen LogP contribution in [0.4, 0.5) is 0 Å². The first-order valence-corrected chi connectivity index (χ1v) is 7.30. The van der Waals surface area contributed by atoms with E-state index >= 15 is 0 Å². The molecule has 2 aromatic rings. The van der Waals surface area contributed by atoms with Crippen molar-refractivity contribution in [3.8, 4) is 0 Å². The Morgan fingerprint density at radius 2 is 1.95 bits per heavy atom. The van der Waals surface area contributed by atoms with Crippen LogP contribution in [-0.2, 0) is 0 Å². The molecule has 0 amide bonds. The SMILES string of the molecule is O=c1[nH]c(C2CCC2)nc2c1cnn2C1CCCC1. The second-order valence-electron chi connectivity index (χ2n) is 5.84. The summed E-state index contributed by atoms with van der Waals surface area (Å²) in [4.78, 5) is 19.8. The van der Waals surface area contributed by atoms with E-state index in [1.54, 1.807) is 6.20 Å². The summed E-state index contributed by atoms with van der Waals surface area (Å²) in [5, 5.41) is 5.05. The van der Waals surface area contributed by atoms with Crippen LogP contribution in [0.1, 0.15) is 62.7 Å². The predicted octanol–water partition coefficient (Wildman–Crippen LogP) is 2.50. The van der Waals surface area contributed by atoms with Crippen LogP contribution in [0, 0.1) is 0 Å². The Morgan fingerprint density at radius 3 is 2.63 bits per heavy atom. The highest BCUT2D eigenvalue weighted by molar-refractivity contribution is 5.73. The van der Waals surface area contributed by atoms with Gasteiger partial charge in [-0.1, -0.05) is 19.3 Å². The van der Waals surface area contributed by atoms with Crippen LogP contribution in [0.25, 0.3) is 11.0 Å². The third-order valence-electron chi connectivity index (χ3n) is 4.64. The molecular formula is C14H18N4O. The average molecular weight is 258 g/mol. The molecule has 0 bridgehead atoms. The van der Waals surface area contributed by atoms with Gasteiger partial charge in [0.15, 0.2) is 5.65 Å². The first-order valence-electron chi connectivity index (χ1n) is 7.30. The van der Waals surface area contributed by atoms with Gasteiger partial charge in [0.05, 0.1) is 12.2 Å². The Labute approximate surface area is 111 Å². The molecule has 4 rings (SSSR count). The lowest BCUT2D eigenvalue weighted by Gasteiger charge is -2.24. The Bertz CT molecular complexity index is 662. The van der Waals surface area contributed by atoms with Gasteiger partial charge in [0.2, 0.25) is 0 Å². The molecule has 2 aliphatic rings. The van der Waals surface area contributed by atoms with Crippen molar-refractivity contribution in [1.29, 1.82) is 0 Å². The smallest absolute Gasteiger partial charge is 0.262 e. The first kappa shape index (κ1) is 11.2. The molecule has 0 radical (unpaired) electrons. The zero-order valence-corrected chi connectivity index (χ0v) is 10.9. The number of aromatic amines is 1. The normalized spacial score (nSPS) is 21.1. The number of nitrogens with one attached hydrogen (secondary N) is 1. The molecule has 1 N–H and O–H groups in total. The Morgan fingerprint density at radius 1 is 1.16 bits per heavy atom. The summed E-state index contributed by atoms with van der Waals surface area (Å²) in [5.74, 6) is 1.31. The number of rotatable bonds is 2. The Kier molecular flexibility index (Phi) is 2.47. The molecule has 5 nitrogen and oxygen atoms in total. The van der Waals surface area contributed by atoms with E-state index in [1.165, 1.54) is 19.3 Å². The molecular weight excluding hydrogens is 240 g/mol. The molecule has 0 aromatic carbocycles. The van der Waals surface area contributed by atoms with E-state index < -0.39 is 0 Å². The summed E-state index contributed by atoms with van der Waals surface area (Å²) >= 11 is 0. The maximum atomic E-state index is 12.1. The molecule has 2 fully saturated rings. The van der Waals surface area contributed by atoms with Crippen LogP contribution in [0.5, 0.6) is 0 Å². The molecule has 2 saturated carbocycles. The van der Waals surface area contributed by atoms with Crippen LogP contribution < -0.4 is 5.56 Å². The summed E-state index contributed by atoms with van der Waals surface area (Å²) in [7, 11) is 0. The van der Waals surface area contributed by atoms with Gasteiger partial charge in [0.1, 0.15) is 11.2 Å². The largest absolute Gasteiger partial charge is 0.310 e. The summed E-state index contributed by atoms with van der Waals surface area (Å²) in [6.07, 6.45) is 10.0. The standard InChI is InChI=1S/C14H18N4O/c19-14-11-8-15-18(10-6-1-2-7-10)13(11)16-12(17-14)9-4-3-5-9/h8-10H,1-7H2,(H,16,17,19). The third kappa shape index (κ3) is 1.71. The lowest BCUT2D eigenvalue weighted by Crippen LogP contribution is -2.19. The maximum Gasteiger partial charge on any atom is 0.262 e. The molecule has 2 aliphatic carbocycles. The molecule has 19 heavy (non-hydrogen) atoms. The summed E-state index contributed by atoms with van der Waals surface area (Å²) in [6.45, 7) is 0. The van der Waals surface area contributed by atoms with E-state index in [2.05, 4.69) is 10.1 Å². The van der Waals surface area contributed by atoms with Crippen molar-refractivity contribution in [3.63, 3.8) is 0 Å². The van der Waals surface area contributed by atoms with Crippen LogP contribution in [0.2, 0.25) is 0 Å². The van der Waals surface area contributed by atoms with Crippen molar-refractivity contribution in [3.05, 3.63) is 22.4 Å². The van der Waals surface area contributed by atoms with E-state index in [0.717, 1.165) is 37.2 Å². The van der Waals surface area contributed by atoms with Crippen molar-refractivity contribution in [2.24, 2.45) is 0 Å². The first-order chi connectivity index (χ1) is 9.33. The van der Waals surface area contributed by atoms with Crippen molar-refractivity contribution in [1.82, 2.24) is 19.7 Å². The average Bonchev–Trinajstić information content (AvgIpc) is 2.93. The quantitative estimate of drug-likeness (QED) is 0.900. The van der Waals surface area contributed by atoms with Gasteiger partial charge in [-0.05, 0) is 25.7 Å². The second-order valence-corrected chi connectivity index (χ2v) is 5.84. The van der Waals surface area contributed by atoms with E-state index in [9.17, 15) is 4.79 Å². The van der Waals surface area contributed by atoms with E-state index in [-0.39, 0.29) is 5.56 Å². The molecule has 0 spiro atoms. The summed E-state index contributed by atoms with van der Waals surface area (Å²) in [6, 6.07) is 0.432. The number of fused-ring (bicyclic) bond motifs is 1. The van der Waals surface area contributed by atoms with Gasteiger partial charge < -0.3 is 4.98 Å². The van der Waals surface area contributed by atoms with Gasteiger partial charge in [0, 0.05) is 5.92 Å². The van der Waals surface area contributed by atoms with Crippen LogP contribution in [0.3, 0.4) is 0 Å². The Balaban J connectivity index is 1.85. The van der Waals surface area contributed by atoms with E-state index in [0.29, 0.717) is 17.3 Å². The molecule has 0 atom stereocenters. The highest BCUT2D eigenvalue weighted by atomic mass is 16.1. The minimum Gasteiger partial charge on any atom is -0.310 e. The molecule has 0 unspecified atom stereocenters. The molecule has 5 heteroatoms. The second kappa shape index (κ2) is 4.18. The van der Waals surface area contributed by atoms with Crippen LogP contribution in [0.15, 0.2) is 11.0 Å². The number of aromatic nitrogens is 4. The van der Waals surface area contributed by atoms with Crippen molar-refractivity contribution >= 4 is 11.0 Å². The van der Waals surface area contributed by atoms with Crippen molar-refractivity contribution in [2.45, 2.75) is 56.9 Å². The van der Waals surface area contributed by atoms with Crippen LogP contribution >= 0.6 is 0 Å². The zero-order valence-electron chi connectivity index (χ0n) is 10.9. The van der Waals surface area contributed by atoms with Gasteiger partial charge >= 0.3 is 0 Å². The Hall–Kier alpha value is -1.65. The number of H-pyrrole nitrogens is 1.